The maximum absolute atomic E-state index is 12.2. The van der Waals surface area contributed by atoms with Gasteiger partial charge in [0.05, 0.1) is 0 Å². The van der Waals surface area contributed by atoms with E-state index in [-0.39, 0.29) is 5.56 Å². The van der Waals surface area contributed by atoms with Crippen molar-refractivity contribution < 1.29 is 0 Å². The Kier molecular flexibility index (Phi) is 3.79. The second kappa shape index (κ2) is 5.57. The van der Waals surface area contributed by atoms with Crippen molar-refractivity contribution >= 4 is 15.9 Å². The van der Waals surface area contributed by atoms with E-state index < -0.39 is 0 Å². The fourth-order valence-electron chi connectivity index (χ4n) is 3.16. The lowest BCUT2D eigenvalue weighted by Gasteiger charge is -2.26. The molecular weight excluding hydrogens is 314 g/mol. The summed E-state index contributed by atoms with van der Waals surface area (Å²) < 4.78 is 2.82. The molecule has 0 aliphatic heterocycles. The first-order chi connectivity index (χ1) is 9.65. The van der Waals surface area contributed by atoms with Crippen molar-refractivity contribution in [3.8, 4) is 0 Å². The summed E-state index contributed by atoms with van der Waals surface area (Å²) >= 11 is 3.48. The summed E-state index contributed by atoms with van der Waals surface area (Å²) in [6.45, 7) is 2.65. The number of fused-ring (bicyclic) bond motifs is 1. The molecular formula is C17H18BrNO. The molecule has 1 aromatic heterocycles. The van der Waals surface area contributed by atoms with E-state index in [9.17, 15) is 4.79 Å². The van der Waals surface area contributed by atoms with Gasteiger partial charge in [0.15, 0.2) is 0 Å². The molecule has 0 saturated carbocycles. The molecule has 1 unspecified atom stereocenters. The Morgan fingerprint density at radius 2 is 2.15 bits per heavy atom. The van der Waals surface area contributed by atoms with Crippen LogP contribution in [-0.4, -0.2) is 4.57 Å². The van der Waals surface area contributed by atoms with Gasteiger partial charge in [-0.1, -0.05) is 24.3 Å². The van der Waals surface area contributed by atoms with Crippen LogP contribution >= 0.6 is 15.9 Å². The van der Waals surface area contributed by atoms with Crippen LogP contribution in [0.4, 0.5) is 0 Å². The Balaban J connectivity index is 1.95. The first-order valence-corrected chi connectivity index (χ1v) is 7.89. The maximum atomic E-state index is 12.2. The molecule has 0 spiro atoms. The Morgan fingerprint density at radius 1 is 1.35 bits per heavy atom. The van der Waals surface area contributed by atoms with Gasteiger partial charge in [-0.2, -0.15) is 0 Å². The third-order valence-corrected chi connectivity index (χ3v) is 4.58. The summed E-state index contributed by atoms with van der Waals surface area (Å²) in [5.41, 5.74) is 3.78. The molecule has 2 nitrogen and oxygen atoms in total. The van der Waals surface area contributed by atoms with Gasteiger partial charge >= 0.3 is 0 Å². The molecule has 2 aromatic rings. The molecule has 104 valence electrons. The van der Waals surface area contributed by atoms with Crippen LogP contribution in [0.1, 0.15) is 35.4 Å². The zero-order chi connectivity index (χ0) is 14.1. The van der Waals surface area contributed by atoms with Crippen molar-refractivity contribution in [2.75, 3.05) is 0 Å². The highest BCUT2D eigenvalue weighted by molar-refractivity contribution is 9.10. The quantitative estimate of drug-likeness (QED) is 0.814. The van der Waals surface area contributed by atoms with Crippen LogP contribution in [0.2, 0.25) is 0 Å². The van der Waals surface area contributed by atoms with Gasteiger partial charge in [0.2, 0.25) is 0 Å². The van der Waals surface area contributed by atoms with Crippen molar-refractivity contribution in [2.24, 2.45) is 0 Å². The van der Waals surface area contributed by atoms with Crippen molar-refractivity contribution in [3.63, 3.8) is 0 Å². The molecule has 0 fully saturated rings. The topological polar surface area (TPSA) is 22.0 Å². The van der Waals surface area contributed by atoms with E-state index >= 15 is 0 Å². The third-order valence-electron chi connectivity index (χ3n) is 4.14. The molecule has 3 heteroatoms. The minimum absolute atomic E-state index is 0.122. The Labute approximate surface area is 127 Å². The minimum Gasteiger partial charge on any atom is -0.314 e. The summed E-state index contributed by atoms with van der Waals surface area (Å²) in [7, 11) is 0. The van der Waals surface area contributed by atoms with Crippen LogP contribution < -0.4 is 5.56 Å². The fourth-order valence-corrected chi connectivity index (χ4v) is 3.75. The summed E-state index contributed by atoms with van der Waals surface area (Å²) in [6, 6.07) is 10.5. The number of halogens is 1. The molecule has 1 aromatic carbocycles. The van der Waals surface area contributed by atoms with Crippen LogP contribution in [0.3, 0.4) is 0 Å². The van der Waals surface area contributed by atoms with Crippen LogP contribution in [0.15, 0.2) is 45.8 Å². The average Bonchev–Trinajstić information content (AvgIpc) is 2.44. The van der Waals surface area contributed by atoms with Crippen LogP contribution in [0.5, 0.6) is 0 Å². The molecule has 0 N–H and O–H groups in total. The van der Waals surface area contributed by atoms with Crippen molar-refractivity contribution in [1.29, 1.82) is 0 Å². The van der Waals surface area contributed by atoms with Gasteiger partial charge in [-0.25, -0.2) is 0 Å². The van der Waals surface area contributed by atoms with Gasteiger partial charge in [0, 0.05) is 28.7 Å². The monoisotopic (exact) mass is 331 g/mol. The highest BCUT2D eigenvalue weighted by atomic mass is 79.9. The minimum atomic E-state index is 0.122. The lowest BCUT2D eigenvalue weighted by Crippen LogP contribution is -2.26. The lowest BCUT2D eigenvalue weighted by molar-refractivity contribution is 0.474. The first kappa shape index (κ1) is 13.6. The molecule has 1 atom stereocenters. The van der Waals surface area contributed by atoms with E-state index in [0.29, 0.717) is 5.92 Å². The Hall–Kier alpha value is -1.35. The van der Waals surface area contributed by atoms with Gasteiger partial charge in [-0.15, -0.1) is 0 Å². The van der Waals surface area contributed by atoms with E-state index in [1.165, 1.54) is 24.0 Å². The maximum Gasteiger partial charge on any atom is 0.253 e. The zero-order valence-corrected chi connectivity index (χ0v) is 13.2. The van der Waals surface area contributed by atoms with Gasteiger partial charge in [-0.05, 0) is 59.3 Å². The second-order valence-corrected chi connectivity index (χ2v) is 6.50. The number of benzene rings is 1. The summed E-state index contributed by atoms with van der Waals surface area (Å²) in [5, 5.41) is 0. The Morgan fingerprint density at radius 3 is 3.00 bits per heavy atom. The lowest BCUT2D eigenvalue weighted by atomic mass is 9.83. The van der Waals surface area contributed by atoms with Gasteiger partial charge < -0.3 is 4.57 Å². The summed E-state index contributed by atoms with van der Waals surface area (Å²) in [4.78, 5) is 12.2. The molecule has 1 aliphatic rings. The molecule has 1 heterocycles. The molecule has 0 amide bonds. The predicted octanol–water partition coefficient (Wildman–Crippen LogP) is 4.04. The molecule has 0 bridgehead atoms. The van der Waals surface area contributed by atoms with E-state index in [1.807, 2.05) is 23.8 Å². The highest BCUT2D eigenvalue weighted by Crippen LogP contribution is 2.32. The van der Waals surface area contributed by atoms with Crippen molar-refractivity contribution in [2.45, 2.75) is 38.6 Å². The van der Waals surface area contributed by atoms with E-state index in [2.05, 4.69) is 40.2 Å². The summed E-state index contributed by atoms with van der Waals surface area (Å²) in [6.07, 6.45) is 5.45. The summed E-state index contributed by atoms with van der Waals surface area (Å²) in [5.74, 6) is 0.450. The SMILES string of the molecule is Cc1cc(Br)cn(CC2CCCc3ccccc32)c1=O. The number of hydrogen-bond acceptors (Lipinski definition) is 1. The predicted molar refractivity (Wildman–Crippen MR) is 85.3 cm³/mol. The highest BCUT2D eigenvalue weighted by Gasteiger charge is 2.20. The Bertz CT molecular complexity index is 690. The fraction of sp³-hybridized carbons (Fsp3) is 0.353. The third kappa shape index (κ3) is 2.59. The van der Waals surface area contributed by atoms with Gasteiger partial charge in [-0.3, -0.25) is 4.79 Å². The number of aryl methyl sites for hydroxylation is 2. The van der Waals surface area contributed by atoms with E-state index in [1.54, 1.807) is 0 Å². The number of hydrogen-bond donors (Lipinski definition) is 0. The van der Waals surface area contributed by atoms with E-state index in [0.717, 1.165) is 23.0 Å². The normalized spacial score (nSPS) is 17.8. The zero-order valence-electron chi connectivity index (χ0n) is 11.6. The smallest absolute Gasteiger partial charge is 0.253 e. The number of aromatic nitrogens is 1. The van der Waals surface area contributed by atoms with Crippen molar-refractivity contribution in [3.05, 3.63) is 68.0 Å². The standard InChI is InChI=1S/C17H18BrNO/c1-12-9-15(18)11-19(17(12)20)10-14-7-4-6-13-5-2-3-8-16(13)14/h2-3,5,8-9,11,14H,4,6-7,10H2,1H3. The largest absolute Gasteiger partial charge is 0.314 e. The van der Waals surface area contributed by atoms with Crippen LogP contribution in [0.25, 0.3) is 0 Å². The number of nitrogens with zero attached hydrogens (tertiary/aromatic N) is 1. The van der Waals surface area contributed by atoms with Crippen LogP contribution in [0, 0.1) is 6.92 Å². The molecule has 20 heavy (non-hydrogen) atoms. The first-order valence-electron chi connectivity index (χ1n) is 7.09. The van der Waals surface area contributed by atoms with E-state index in [4.69, 9.17) is 0 Å². The molecule has 0 saturated heterocycles. The van der Waals surface area contributed by atoms with Gasteiger partial charge in [0.1, 0.15) is 0 Å². The second-order valence-electron chi connectivity index (χ2n) is 5.59. The van der Waals surface area contributed by atoms with Crippen molar-refractivity contribution in [1.82, 2.24) is 4.57 Å². The van der Waals surface area contributed by atoms with Crippen LogP contribution in [-0.2, 0) is 13.0 Å². The average molecular weight is 332 g/mol. The molecule has 1 aliphatic carbocycles. The number of pyridine rings is 1. The number of rotatable bonds is 2. The molecule has 0 radical (unpaired) electrons. The van der Waals surface area contributed by atoms with Gasteiger partial charge in [0.25, 0.3) is 5.56 Å². The molecule has 3 rings (SSSR count).